The van der Waals surface area contributed by atoms with Crippen molar-refractivity contribution >= 4 is 34.0 Å². The summed E-state index contributed by atoms with van der Waals surface area (Å²) in [4.78, 5) is 34.7. The maximum Gasteiger partial charge on any atom is 0.300 e. The highest BCUT2D eigenvalue weighted by Gasteiger charge is 2.47. The number of aromatic amines is 1. The van der Waals surface area contributed by atoms with Crippen molar-refractivity contribution in [1.82, 2.24) is 9.97 Å². The van der Waals surface area contributed by atoms with Crippen molar-refractivity contribution in [3.63, 3.8) is 0 Å². The van der Waals surface area contributed by atoms with Crippen LogP contribution in [0.3, 0.4) is 0 Å². The van der Waals surface area contributed by atoms with Crippen LogP contribution in [0, 0.1) is 0 Å². The molecular formula is C24H17N3O3. The van der Waals surface area contributed by atoms with Crippen LogP contribution in [0.4, 0.5) is 5.69 Å². The Morgan fingerprint density at radius 2 is 1.63 bits per heavy atom. The molecule has 2 aromatic carbocycles. The van der Waals surface area contributed by atoms with Crippen molar-refractivity contribution in [2.24, 2.45) is 0 Å². The van der Waals surface area contributed by atoms with Gasteiger partial charge in [-0.05, 0) is 35.9 Å². The number of anilines is 1. The number of nitrogens with zero attached hydrogens (tertiary/aromatic N) is 2. The Kier molecular flexibility index (Phi) is 4.17. The van der Waals surface area contributed by atoms with E-state index in [1.807, 2.05) is 30.3 Å². The number of hydrogen-bond acceptors (Lipinski definition) is 4. The summed E-state index contributed by atoms with van der Waals surface area (Å²) < 4.78 is 0. The van der Waals surface area contributed by atoms with Crippen molar-refractivity contribution < 1.29 is 14.7 Å². The van der Waals surface area contributed by atoms with Gasteiger partial charge in [-0.2, -0.15) is 0 Å². The normalized spacial score (nSPS) is 18.3. The lowest BCUT2D eigenvalue weighted by atomic mass is 9.95. The van der Waals surface area contributed by atoms with Crippen LogP contribution < -0.4 is 4.90 Å². The minimum atomic E-state index is -0.760. The number of aromatic nitrogens is 2. The van der Waals surface area contributed by atoms with Gasteiger partial charge in [0.05, 0.1) is 11.6 Å². The van der Waals surface area contributed by atoms with Crippen LogP contribution in [0.1, 0.15) is 17.2 Å². The standard InChI is InChI=1S/C24H17N3O3/c28-22(18-14-26-19-9-5-4-8-17(18)19)20-21(15-10-12-25-13-11-15)27(24(30)23(20)29)16-6-2-1-3-7-16/h1-14,21,26,28H/b22-20-. The summed E-state index contributed by atoms with van der Waals surface area (Å²) in [6, 6.07) is 19.2. The zero-order chi connectivity index (χ0) is 20.7. The first-order chi connectivity index (χ1) is 14.7. The number of fused-ring (bicyclic) bond motifs is 1. The van der Waals surface area contributed by atoms with E-state index in [0.29, 0.717) is 16.8 Å². The van der Waals surface area contributed by atoms with Gasteiger partial charge in [0.1, 0.15) is 5.76 Å². The molecular weight excluding hydrogens is 378 g/mol. The molecule has 0 saturated carbocycles. The van der Waals surface area contributed by atoms with Gasteiger partial charge in [-0.3, -0.25) is 19.5 Å². The van der Waals surface area contributed by atoms with Crippen molar-refractivity contribution in [1.29, 1.82) is 0 Å². The Balaban J connectivity index is 1.76. The van der Waals surface area contributed by atoms with E-state index in [2.05, 4.69) is 9.97 Å². The third-order valence-corrected chi connectivity index (χ3v) is 5.34. The van der Waals surface area contributed by atoms with E-state index in [0.717, 1.165) is 10.9 Å². The van der Waals surface area contributed by atoms with Gasteiger partial charge >= 0.3 is 0 Å². The first-order valence-corrected chi connectivity index (χ1v) is 9.49. The fraction of sp³-hybridized carbons (Fsp3) is 0.0417. The molecule has 1 amide bonds. The lowest BCUT2D eigenvalue weighted by molar-refractivity contribution is -0.132. The molecule has 0 aliphatic carbocycles. The smallest absolute Gasteiger partial charge is 0.300 e. The zero-order valence-corrected chi connectivity index (χ0v) is 15.8. The molecule has 1 aliphatic rings. The van der Waals surface area contributed by atoms with Crippen LogP contribution in [-0.4, -0.2) is 26.8 Å². The van der Waals surface area contributed by atoms with E-state index < -0.39 is 17.7 Å². The van der Waals surface area contributed by atoms with E-state index in [1.165, 1.54) is 4.90 Å². The van der Waals surface area contributed by atoms with E-state index in [1.54, 1.807) is 55.0 Å². The summed E-state index contributed by atoms with van der Waals surface area (Å²) in [7, 11) is 0. The predicted octanol–water partition coefficient (Wildman–Crippen LogP) is 4.19. The molecule has 146 valence electrons. The highest BCUT2D eigenvalue weighted by molar-refractivity contribution is 6.51. The topological polar surface area (TPSA) is 86.3 Å². The number of benzene rings is 2. The molecule has 4 aromatic rings. The quantitative estimate of drug-likeness (QED) is 0.309. The van der Waals surface area contributed by atoms with Crippen LogP contribution in [0.25, 0.3) is 16.7 Å². The van der Waals surface area contributed by atoms with Crippen LogP contribution in [-0.2, 0) is 9.59 Å². The van der Waals surface area contributed by atoms with Crippen LogP contribution in [0.5, 0.6) is 0 Å². The molecule has 1 fully saturated rings. The lowest BCUT2D eigenvalue weighted by Crippen LogP contribution is -2.29. The number of amides is 1. The predicted molar refractivity (Wildman–Crippen MR) is 114 cm³/mol. The molecule has 1 aliphatic heterocycles. The minimum absolute atomic E-state index is 0.0554. The molecule has 6 nitrogen and oxygen atoms in total. The average molecular weight is 395 g/mol. The van der Waals surface area contributed by atoms with Gasteiger partial charge in [-0.1, -0.05) is 36.4 Å². The number of ketones is 1. The number of nitrogens with one attached hydrogen (secondary N) is 1. The second-order valence-corrected chi connectivity index (χ2v) is 7.03. The second kappa shape index (κ2) is 7.00. The molecule has 5 rings (SSSR count). The average Bonchev–Trinajstić information content (AvgIpc) is 3.34. The Labute approximate surface area is 172 Å². The fourth-order valence-corrected chi connectivity index (χ4v) is 3.96. The van der Waals surface area contributed by atoms with E-state index in [4.69, 9.17) is 0 Å². The van der Waals surface area contributed by atoms with Crippen molar-refractivity contribution in [2.75, 3.05) is 4.90 Å². The molecule has 1 saturated heterocycles. The maximum absolute atomic E-state index is 13.1. The summed E-state index contributed by atoms with van der Waals surface area (Å²) in [5, 5.41) is 12.0. The van der Waals surface area contributed by atoms with Crippen LogP contribution in [0.2, 0.25) is 0 Å². The van der Waals surface area contributed by atoms with Crippen molar-refractivity contribution in [3.05, 3.63) is 102 Å². The molecule has 0 radical (unpaired) electrons. The van der Waals surface area contributed by atoms with Gasteiger partial charge in [-0.15, -0.1) is 0 Å². The monoisotopic (exact) mass is 395 g/mol. The van der Waals surface area contributed by atoms with Gasteiger partial charge in [0.15, 0.2) is 0 Å². The summed E-state index contributed by atoms with van der Waals surface area (Å²) in [6.45, 7) is 0. The van der Waals surface area contributed by atoms with Crippen molar-refractivity contribution in [2.45, 2.75) is 6.04 Å². The van der Waals surface area contributed by atoms with Gasteiger partial charge in [0, 0.05) is 40.7 Å². The van der Waals surface area contributed by atoms with Crippen molar-refractivity contribution in [3.8, 4) is 0 Å². The molecule has 0 bridgehead atoms. The molecule has 2 N–H and O–H groups in total. The molecule has 1 atom stereocenters. The van der Waals surface area contributed by atoms with Crippen LogP contribution in [0.15, 0.2) is 90.9 Å². The zero-order valence-electron chi connectivity index (χ0n) is 15.8. The number of carbonyl (C=O) groups excluding carboxylic acids is 2. The summed E-state index contributed by atoms with van der Waals surface area (Å²) in [6.07, 6.45) is 4.86. The number of hydrogen-bond donors (Lipinski definition) is 2. The number of Topliss-reactive ketones (excluding diaryl/α,β-unsaturated/α-hetero) is 1. The maximum atomic E-state index is 13.1. The highest BCUT2D eigenvalue weighted by Crippen LogP contribution is 2.42. The number of para-hydroxylation sites is 2. The summed E-state index contributed by atoms with van der Waals surface area (Å²) >= 11 is 0. The Hall–Kier alpha value is -4.19. The third-order valence-electron chi connectivity index (χ3n) is 5.34. The van der Waals surface area contributed by atoms with Crippen LogP contribution >= 0.6 is 0 Å². The number of aliphatic hydroxyl groups is 1. The second-order valence-electron chi connectivity index (χ2n) is 7.03. The minimum Gasteiger partial charge on any atom is -0.507 e. The van der Waals surface area contributed by atoms with Gasteiger partial charge < -0.3 is 10.1 Å². The molecule has 3 heterocycles. The summed E-state index contributed by atoms with van der Waals surface area (Å²) in [5.41, 5.74) is 2.64. The van der Waals surface area contributed by atoms with E-state index in [-0.39, 0.29) is 11.3 Å². The summed E-state index contributed by atoms with van der Waals surface area (Å²) in [5.74, 6) is -1.60. The Morgan fingerprint density at radius 1 is 0.933 bits per heavy atom. The highest BCUT2D eigenvalue weighted by atomic mass is 16.3. The number of aliphatic hydroxyl groups excluding tert-OH is 1. The number of H-pyrrole nitrogens is 1. The molecule has 0 spiro atoms. The van der Waals surface area contributed by atoms with Gasteiger partial charge in [0.2, 0.25) is 0 Å². The number of carbonyl (C=O) groups is 2. The largest absolute Gasteiger partial charge is 0.507 e. The number of rotatable bonds is 3. The fourth-order valence-electron chi connectivity index (χ4n) is 3.96. The molecule has 2 aromatic heterocycles. The first kappa shape index (κ1) is 17.9. The van der Waals surface area contributed by atoms with Gasteiger partial charge in [0.25, 0.3) is 11.7 Å². The molecule has 30 heavy (non-hydrogen) atoms. The Morgan fingerprint density at radius 3 is 2.40 bits per heavy atom. The lowest BCUT2D eigenvalue weighted by Gasteiger charge is -2.25. The van der Waals surface area contributed by atoms with Gasteiger partial charge in [-0.25, -0.2) is 0 Å². The number of pyridine rings is 1. The molecule has 6 heteroatoms. The van der Waals surface area contributed by atoms with E-state index >= 15 is 0 Å². The Bertz CT molecular complexity index is 1290. The van der Waals surface area contributed by atoms with E-state index in [9.17, 15) is 14.7 Å². The SMILES string of the molecule is O=C1C(=O)N(c2ccccc2)C(c2ccncc2)/C1=C(/O)c1c[nH]c2ccccc12. The first-order valence-electron chi connectivity index (χ1n) is 9.49. The third kappa shape index (κ3) is 2.69. The molecule has 1 unspecified atom stereocenters.